The lowest BCUT2D eigenvalue weighted by Crippen LogP contribution is -2.43. The third kappa shape index (κ3) is 3.26. The summed E-state index contributed by atoms with van der Waals surface area (Å²) in [5.74, 6) is -0.878. The van der Waals surface area contributed by atoms with Gasteiger partial charge in [0, 0.05) is 19.5 Å². The average Bonchev–Trinajstić information content (AvgIpc) is 2.41. The maximum absolute atomic E-state index is 12.5. The first-order chi connectivity index (χ1) is 9.98. The molecular weight excluding hydrogens is 266 g/mol. The van der Waals surface area contributed by atoms with Crippen LogP contribution >= 0.6 is 0 Å². The summed E-state index contributed by atoms with van der Waals surface area (Å²) < 4.78 is 0. The fraction of sp³-hybridized carbons (Fsp3) is 0.529. The Morgan fingerprint density at radius 1 is 1.29 bits per heavy atom. The molecule has 0 spiro atoms. The van der Waals surface area contributed by atoms with Gasteiger partial charge in [-0.15, -0.1) is 0 Å². The Bertz CT molecular complexity index is 535. The lowest BCUT2D eigenvalue weighted by molar-refractivity contribution is -0.159. The number of carboxylic acids is 1. The summed E-state index contributed by atoms with van der Waals surface area (Å²) in [5, 5.41) is 9.35. The van der Waals surface area contributed by atoms with Gasteiger partial charge in [-0.3, -0.25) is 9.59 Å². The predicted octanol–water partition coefficient (Wildman–Crippen LogP) is 2.99. The number of rotatable bonds is 6. The zero-order valence-electron chi connectivity index (χ0n) is 12.8. The van der Waals surface area contributed by atoms with Crippen LogP contribution in [0.15, 0.2) is 24.3 Å². The topological polar surface area (TPSA) is 57.6 Å². The van der Waals surface area contributed by atoms with Crippen LogP contribution in [0.2, 0.25) is 0 Å². The number of carbonyl (C=O) groups is 2. The first kappa shape index (κ1) is 15.5. The third-order valence-corrected chi connectivity index (χ3v) is 4.61. The number of carbonyl (C=O) groups excluding carboxylic acids is 1. The van der Waals surface area contributed by atoms with Crippen LogP contribution < -0.4 is 0 Å². The van der Waals surface area contributed by atoms with Gasteiger partial charge in [0.2, 0.25) is 5.91 Å². The number of benzene rings is 1. The highest BCUT2D eigenvalue weighted by Crippen LogP contribution is 2.44. The van der Waals surface area contributed by atoms with Gasteiger partial charge in [0.1, 0.15) is 0 Å². The highest BCUT2D eigenvalue weighted by Gasteiger charge is 2.46. The van der Waals surface area contributed by atoms with Gasteiger partial charge in [0.05, 0.1) is 5.41 Å². The van der Waals surface area contributed by atoms with Crippen molar-refractivity contribution in [2.45, 2.75) is 46.1 Å². The van der Waals surface area contributed by atoms with Crippen molar-refractivity contribution in [3.05, 3.63) is 35.4 Å². The molecule has 4 nitrogen and oxygen atoms in total. The lowest BCUT2D eigenvalue weighted by atomic mass is 9.66. The lowest BCUT2D eigenvalue weighted by Gasteiger charge is -2.38. The summed E-state index contributed by atoms with van der Waals surface area (Å²) in [6.45, 7) is 5.11. The largest absolute Gasteiger partial charge is 0.481 e. The van der Waals surface area contributed by atoms with Crippen LogP contribution in [-0.2, 0) is 16.1 Å². The monoisotopic (exact) mass is 289 g/mol. The molecule has 2 rings (SSSR count). The molecule has 1 aromatic rings. The summed E-state index contributed by atoms with van der Waals surface area (Å²) in [4.78, 5) is 25.6. The van der Waals surface area contributed by atoms with Gasteiger partial charge in [0.15, 0.2) is 0 Å². The molecule has 1 N–H and O–H groups in total. The Morgan fingerprint density at radius 3 is 2.43 bits per heavy atom. The van der Waals surface area contributed by atoms with E-state index in [0.717, 1.165) is 17.5 Å². The molecule has 1 fully saturated rings. The molecule has 0 aromatic heterocycles. The standard InChI is InChI=1S/C17H23NO3/c1-3-18(12-14-8-5-4-7-13(14)2)15(19)11-17(16(20)21)9-6-10-17/h4-5,7-8H,3,6,9-12H2,1-2H3,(H,20,21). The van der Waals surface area contributed by atoms with Crippen molar-refractivity contribution < 1.29 is 14.7 Å². The molecule has 1 aliphatic rings. The quantitative estimate of drug-likeness (QED) is 0.876. The second-order valence-corrected chi connectivity index (χ2v) is 5.95. The number of carboxylic acid groups (broad SMARTS) is 1. The first-order valence-electron chi connectivity index (χ1n) is 7.54. The average molecular weight is 289 g/mol. The van der Waals surface area contributed by atoms with Gasteiger partial charge in [0.25, 0.3) is 0 Å². The minimum absolute atomic E-state index is 0.0529. The minimum atomic E-state index is -0.825. The molecule has 1 saturated carbocycles. The number of aryl methyl sites for hydroxylation is 1. The van der Waals surface area contributed by atoms with E-state index in [1.54, 1.807) is 4.90 Å². The molecule has 1 aromatic carbocycles. The highest BCUT2D eigenvalue weighted by atomic mass is 16.4. The first-order valence-corrected chi connectivity index (χ1v) is 7.54. The molecule has 0 unspecified atom stereocenters. The van der Waals surface area contributed by atoms with Gasteiger partial charge in [-0.1, -0.05) is 30.7 Å². The van der Waals surface area contributed by atoms with Gasteiger partial charge in [-0.05, 0) is 37.8 Å². The molecule has 1 aliphatic carbocycles. The number of hydrogen-bond acceptors (Lipinski definition) is 2. The Hall–Kier alpha value is -1.84. The molecule has 0 radical (unpaired) electrons. The Kier molecular flexibility index (Phi) is 4.66. The normalized spacial score (nSPS) is 16.1. The maximum atomic E-state index is 12.5. The molecule has 114 valence electrons. The fourth-order valence-corrected chi connectivity index (χ4v) is 2.84. The zero-order chi connectivity index (χ0) is 15.5. The van der Waals surface area contributed by atoms with Crippen LogP contribution in [0.3, 0.4) is 0 Å². The van der Waals surface area contributed by atoms with Crippen LogP contribution in [0.4, 0.5) is 0 Å². The molecule has 1 amide bonds. The van der Waals surface area contributed by atoms with E-state index in [9.17, 15) is 14.7 Å². The molecule has 0 heterocycles. The number of amides is 1. The Labute approximate surface area is 125 Å². The van der Waals surface area contributed by atoms with E-state index in [-0.39, 0.29) is 12.3 Å². The Morgan fingerprint density at radius 2 is 1.95 bits per heavy atom. The predicted molar refractivity (Wildman–Crippen MR) is 80.8 cm³/mol. The van der Waals surface area contributed by atoms with Crippen LogP contribution in [0.25, 0.3) is 0 Å². The molecule has 4 heteroatoms. The fourth-order valence-electron chi connectivity index (χ4n) is 2.84. The second-order valence-electron chi connectivity index (χ2n) is 5.95. The van der Waals surface area contributed by atoms with E-state index in [2.05, 4.69) is 0 Å². The second kappa shape index (κ2) is 6.29. The van der Waals surface area contributed by atoms with E-state index >= 15 is 0 Å². The van der Waals surface area contributed by atoms with Gasteiger partial charge in [-0.25, -0.2) is 0 Å². The summed E-state index contributed by atoms with van der Waals surface area (Å²) in [7, 11) is 0. The number of nitrogens with zero attached hydrogens (tertiary/aromatic N) is 1. The zero-order valence-corrected chi connectivity index (χ0v) is 12.8. The van der Waals surface area contributed by atoms with Crippen LogP contribution in [0.5, 0.6) is 0 Å². The van der Waals surface area contributed by atoms with Crippen molar-refractivity contribution in [1.82, 2.24) is 4.90 Å². The van der Waals surface area contributed by atoms with Crippen molar-refractivity contribution in [3.63, 3.8) is 0 Å². The van der Waals surface area contributed by atoms with Crippen molar-refractivity contribution >= 4 is 11.9 Å². The van der Waals surface area contributed by atoms with E-state index in [4.69, 9.17) is 0 Å². The van der Waals surface area contributed by atoms with E-state index in [1.165, 1.54) is 0 Å². The SMILES string of the molecule is CCN(Cc1ccccc1C)C(=O)CC1(C(=O)O)CCC1. The van der Waals surface area contributed by atoms with Crippen molar-refractivity contribution in [2.24, 2.45) is 5.41 Å². The number of aliphatic carboxylic acids is 1. The molecule has 0 bridgehead atoms. The third-order valence-electron chi connectivity index (χ3n) is 4.61. The molecule has 0 atom stereocenters. The van der Waals surface area contributed by atoms with Crippen LogP contribution in [0, 0.1) is 12.3 Å². The van der Waals surface area contributed by atoms with Gasteiger partial charge < -0.3 is 10.0 Å². The smallest absolute Gasteiger partial charge is 0.310 e. The summed E-state index contributed by atoms with van der Waals surface area (Å²) in [6.07, 6.45) is 2.28. The molecule has 0 aliphatic heterocycles. The molecule has 21 heavy (non-hydrogen) atoms. The minimum Gasteiger partial charge on any atom is -0.481 e. The summed E-state index contributed by atoms with van der Waals surface area (Å²) in [5.41, 5.74) is 1.46. The van der Waals surface area contributed by atoms with Crippen LogP contribution in [0.1, 0.15) is 43.7 Å². The van der Waals surface area contributed by atoms with Gasteiger partial charge >= 0.3 is 5.97 Å². The molecular formula is C17H23NO3. The highest BCUT2D eigenvalue weighted by molar-refractivity contribution is 5.85. The van der Waals surface area contributed by atoms with Crippen molar-refractivity contribution in [3.8, 4) is 0 Å². The van der Waals surface area contributed by atoms with Crippen molar-refractivity contribution in [1.29, 1.82) is 0 Å². The maximum Gasteiger partial charge on any atom is 0.310 e. The summed E-state index contributed by atoms with van der Waals surface area (Å²) in [6, 6.07) is 7.98. The molecule has 0 saturated heterocycles. The van der Waals surface area contributed by atoms with E-state index in [1.807, 2.05) is 38.1 Å². The number of hydrogen-bond donors (Lipinski definition) is 1. The van der Waals surface area contributed by atoms with E-state index < -0.39 is 11.4 Å². The van der Waals surface area contributed by atoms with Crippen LogP contribution in [-0.4, -0.2) is 28.4 Å². The van der Waals surface area contributed by atoms with Gasteiger partial charge in [-0.2, -0.15) is 0 Å². The summed E-state index contributed by atoms with van der Waals surface area (Å²) >= 11 is 0. The van der Waals surface area contributed by atoms with E-state index in [0.29, 0.717) is 25.9 Å². The van der Waals surface area contributed by atoms with Crippen molar-refractivity contribution in [2.75, 3.05) is 6.54 Å². The Balaban J connectivity index is 2.05.